The van der Waals surface area contributed by atoms with E-state index in [2.05, 4.69) is 4.98 Å². The molecule has 0 aliphatic carbocycles. The van der Waals surface area contributed by atoms with Crippen LogP contribution in [0.2, 0.25) is 0 Å². The van der Waals surface area contributed by atoms with Gasteiger partial charge in [-0.2, -0.15) is 0 Å². The van der Waals surface area contributed by atoms with Gasteiger partial charge in [0, 0.05) is 17.7 Å². The zero-order chi connectivity index (χ0) is 13.4. The van der Waals surface area contributed by atoms with Gasteiger partial charge in [-0.25, -0.2) is 4.79 Å². The van der Waals surface area contributed by atoms with E-state index < -0.39 is 18.4 Å². The lowest BCUT2D eigenvalue weighted by molar-refractivity contribution is -0.0477. The fraction of sp³-hybridized carbons (Fsp3) is 0.636. The van der Waals surface area contributed by atoms with E-state index in [0.717, 1.165) is 5.56 Å². The van der Waals surface area contributed by atoms with Crippen LogP contribution in [0.1, 0.15) is 18.7 Å². The SMILES string of the molecule is Cc1cn([C@@H]2O[C@H](CO)C(O)C2C)c(=O)[nH]c1=S. The summed E-state index contributed by atoms with van der Waals surface area (Å²) in [7, 11) is 0. The topological polar surface area (TPSA) is 87.5 Å². The van der Waals surface area contributed by atoms with Gasteiger partial charge in [0.15, 0.2) is 0 Å². The second-order valence-electron chi connectivity index (χ2n) is 4.58. The van der Waals surface area contributed by atoms with Crippen LogP contribution in [0.4, 0.5) is 0 Å². The lowest BCUT2D eigenvalue weighted by Crippen LogP contribution is -2.31. The van der Waals surface area contributed by atoms with Gasteiger partial charge in [-0.3, -0.25) is 9.55 Å². The predicted octanol–water partition coefficient (Wildman–Crippen LogP) is 0.101. The fourth-order valence-corrected chi connectivity index (χ4v) is 2.28. The summed E-state index contributed by atoms with van der Waals surface area (Å²) in [6, 6.07) is 0. The van der Waals surface area contributed by atoms with Crippen LogP contribution >= 0.6 is 12.2 Å². The summed E-state index contributed by atoms with van der Waals surface area (Å²) < 4.78 is 7.27. The van der Waals surface area contributed by atoms with E-state index in [1.807, 2.05) is 0 Å². The molecule has 0 bridgehead atoms. The Kier molecular flexibility index (Phi) is 3.67. The van der Waals surface area contributed by atoms with Crippen molar-refractivity contribution in [3.8, 4) is 0 Å². The van der Waals surface area contributed by atoms with E-state index in [9.17, 15) is 9.90 Å². The Morgan fingerprint density at radius 1 is 1.61 bits per heavy atom. The van der Waals surface area contributed by atoms with Crippen LogP contribution in [0, 0.1) is 17.5 Å². The number of hydrogen-bond donors (Lipinski definition) is 3. The average Bonchev–Trinajstić information content (AvgIpc) is 2.61. The van der Waals surface area contributed by atoms with Crippen LogP contribution in [0.15, 0.2) is 11.0 Å². The van der Waals surface area contributed by atoms with Crippen molar-refractivity contribution in [2.45, 2.75) is 32.3 Å². The Morgan fingerprint density at radius 3 is 2.83 bits per heavy atom. The highest BCUT2D eigenvalue weighted by molar-refractivity contribution is 7.71. The first-order valence-corrected chi connectivity index (χ1v) is 6.13. The lowest BCUT2D eigenvalue weighted by Gasteiger charge is -2.18. The highest BCUT2D eigenvalue weighted by Gasteiger charge is 2.41. The van der Waals surface area contributed by atoms with Gasteiger partial charge in [0.2, 0.25) is 0 Å². The van der Waals surface area contributed by atoms with Crippen LogP contribution in [-0.4, -0.2) is 38.6 Å². The first-order valence-electron chi connectivity index (χ1n) is 5.72. The second kappa shape index (κ2) is 4.93. The summed E-state index contributed by atoms with van der Waals surface area (Å²) in [5.41, 5.74) is 0.371. The van der Waals surface area contributed by atoms with E-state index in [1.54, 1.807) is 20.0 Å². The third-order valence-electron chi connectivity index (χ3n) is 3.28. The van der Waals surface area contributed by atoms with Crippen molar-refractivity contribution in [3.05, 3.63) is 26.9 Å². The van der Waals surface area contributed by atoms with Crippen LogP contribution in [0.25, 0.3) is 0 Å². The van der Waals surface area contributed by atoms with Crippen molar-refractivity contribution in [3.63, 3.8) is 0 Å². The molecule has 4 atom stereocenters. The molecule has 0 saturated carbocycles. The minimum atomic E-state index is -0.796. The van der Waals surface area contributed by atoms with Crippen molar-refractivity contribution in [1.29, 1.82) is 0 Å². The molecule has 1 aliphatic heterocycles. The summed E-state index contributed by atoms with van der Waals surface area (Å²) >= 11 is 4.97. The first kappa shape index (κ1) is 13.4. The molecule has 1 aromatic heterocycles. The largest absolute Gasteiger partial charge is 0.394 e. The Bertz CT molecular complexity index is 553. The number of nitrogens with zero attached hydrogens (tertiary/aromatic N) is 1. The number of aliphatic hydroxyl groups excluding tert-OH is 2. The molecule has 6 nitrogen and oxygen atoms in total. The average molecular weight is 272 g/mol. The minimum Gasteiger partial charge on any atom is -0.394 e. The van der Waals surface area contributed by atoms with Gasteiger partial charge in [-0.1, -0.05) is 19.1 Å². The van der Waals surface area contributed by atoms with Gasteiger partial charge in [0.1, 0.15) is 17.0 Å². The normalized spacial score (nSPS) is 31.8. The Morgan fingerprint density at radius 2 is 2.28 bits per heavy atom. The Labute approximate surface area is 109 Å². The van der Waals surface area contributed by atoms with Crippen molar-refractivity contribution in [2.75, 3.05) is 6.61 Å². The summed E-state index contributed by atoms with van der Waals surface area (Å²) in [6.07, 6.45) is -0.458. The second-order valence-corrected chi connectivity index (χ2v) is 4.98. The van der Waals surface area contributed by atoms with Gasteiger partial charge < -0.3 is 14.9 Å². The van der Waals surface area contributed by atoms with E-state index in [-0.39, 0.29) is 18.2 Å². The molecule has 0 spiro atoms. The van der Waals surface area contributed by atoms with Gasteiger partial charge in [-0.15, -0.1) is 0 Å². The van der Waals surface area contributed by atoms with Crippen LogP contribution in [0.5, 0.6) is 0 Å². The maximum atomic E-state index is 11.8. The van der Waals surface area contributed by atoms with Crippen molar-refractivity contribution in [1.82, 2.24) is 9.55 Å². The molecule has 3 N–H and O–H groups in total. The summed E-state index contributed by atoms with van der Waals surface area (Å²) in [5, 5.41) is 19.0. The van der Waals surface area contributed by atoms with Gasteiger partial charge in [-0.05, 0) is 6.92 Å². The van der Waals surface area contributed by atoms with Crippen LogP contribution in [0.3, 0.4) is 0 Å². The summed E-state index contributed by atoms with van der Waals surface area (Å²) in [4.78, 5) is 14.4. The number of ether oxygens (including phenoxy) is 1. The molecule has 18 heavy (non-hydrogen) atoms. The number of aliphatic hydroxyl groups is 2. The molecule has 0 aromatic carbocycles. The van der Waals surface area contributed by atoms with Crippen molar-refractivity contribution in [2.24, 2.45) is 5.92 Å². The maximum absolute atomic E-state index is 11.8. The van der Waals surface area contributed by atoms with Crippen molar-refractivity contribution >= 4 is 12.2 Å². The van der Waals surface area contributed by atoms with Crippen LogP contribution < -0.4 is 5.69 Å². The quantitative estimate of drug-likeness (QED) is 0.665. The fourth-order valence-electron chi connectivity index (χ4n) is 2.14. The molecule has 1 fully saturated rings. The molecule has 0 amide bonds. The first-order chi connectivity index (χ1) is 8.45. The Hall–Kier alpha value is -1.02. The zero-order valence-electron chi connectivity index (χ0n) is 10.2. The molecule has 1 aliphatic rings. The third kappa shape index (κ3) is 2.14. The van der Waals surface area contributed by atoms with E-state index in [0.29, 0.717) is 4.64 Å². The van der Waals surface area contributed by atoms with Gasteiger partial charge in [0.05, 0.1) is 12.7 Å². The summed E-state index contributed by atoms with van der Waals surface area (Å²) in [6.45, 7) is 3.28. The summed E-state index contributed by atoms with van der Waals surface area (Å²) in [5.74, 6) is -0.288. The molecular formula is C11H16N2O4S. The molecule has 2 unspecified atom stereocenters. The number of aryl methyl sites for hydroxylation is 1. The molecular weight excluding hydrogens is 256 g/mol. The predicted molar refractivity (Wildman–Crippen MR) is 66.8 cm³/mol. The molecule has 7 heteroatoms. The highest BCUT2D eigenvalue weighted by Crippen LogP contribution is 2.33. The zero-order valence-corrected chi connectivity index (χ0v) is 11.0. The number of aromatic amines is 1. The number of aromatic nitrogens is 2. The van der Waals surface area contributed by atoms with E-state index >= 15 is 0 Å². The third-order valence-corrected chi connectivity index (χ3v) is 3.71. The molecule has 0 radical (unpaired) electrons. The standard InChI is InChI=1S/C11H16N2O4S/c1-5-3-13(11(16)12-9(5)18)10-6(2)8(15)7(4-14)17-10/h3,6-8,10,14-15H,4H2,1-2H3,(H,12,16,18)/t6?,7-,8?,10-/m1/s1. The minimum absolute atomic E-state index is 0.279. The van der Waals surface area contributed by atoms with Gasteiger partial charge >= 0.3 is 5.69 Å². The van der Waals surface area contributed by atoms with E-state index in [1.165, 1.54) is 4.57 Å². The van der Waals surface area contributed by atoms with E-state index in [4.69, 9.17) is 22.1 Å². The smallest absolute Gasteiger partial charge is 0.328 e. The number of H-pyrrole nitrogens is 1. The highest BCUT2D eigenvalue weighted by atomic mass is 32.1. The molecule has 100 valence electrons. The molecule has 2 heterocycles. The molecule has 1 saturated heterocycles. The number of hydrogen-bond acceptors (Lipinski definition) is 5. The maximum Gasteiger partial charge on any atom is 0.328 e. The Balaban J connectivity index is 2.42. The molecule has 1 aromatic rings. The molecule has 2 rings (SSSR count). The number of rotatable bonds is 2. The van der Waals surface area contributed by atoms with Crippen LogP contribution in [-0.2, 0) is 4.74 Å². The number of nitrogens with one attached hydrogen (secondary N) is 1. The van der Waals surface area contributed by atoms with Gasteiger partial charge in [0.25, 0.3) is 0 Å². The van der Waals surface area contributed by atoms with Crippen molar-refractivity contribution < 1.29 is 14.9 Å². The lowest BCUT2D eigenvalue weighted by atomic mass is 10.0. The monoisotopic (exact) mass is 272 g/mol.